The number of carboxylic acids is 2. The van der Waals surface area contributed by atoms with Crippen molar-refractivity contribution in [3.63, 3.8) is 0 Å². The monoisotopic (exact) mass is 642 g/mol. The van der Waals surface area contributed by atoms with Crippen molar-refractivity contribution in [2.24, 2.45) is 33.7 Å². The van der Waals surface area contributed by atoms with Gasteiger partial charge >= 0.3 is 11.9 Å². The highest BCUT2D eigenvalue weighted by molar-refractivity contribution is 5.96. The Kier molecular flexibility index (Phi) is 18.1. The summed E-state index contributed by atoms with van der Waals surface area (Å²) in [4.78, 5) is 81.0. The molecule has 1 heterocycles. The fraction of sp³-hybridized carbons (Fsp3) is 0.741. The van der Waals surface area contributed by atoms with E-state index < -0.39 is 72.2 Å². The van der Waals surface area contributed by atoms with Crippen molar-refractivity contribution >= 4 is 41.5 Å². The quantitative estimate of drug-likeness (QED) is 0.0313. The van der Waals surface area contributed by atoms with E-state index in [1.165, 1.54) is 4.90 Å². The number of nitrogens with two attached hydrogens (primary N) is 5. The lowest BCUT2D eigenvalue weighted by Gasteiger charge is -2.30. The van der Waals surface area contributed by atoms with Crippen molar-refractivity contribution in [2.75, 3.05) is 26.2 Å². The average Bonchev–Trinajstić information content (AvgIpc) is 3.47. The Morgan fingerprint density at radius 1 is 0.800 bits per heavy atom. The molecule has 0 aromatic heterocycles. The molecule has 1 saturated heterocycles. The topological polar surface area (TPSA) is 325 Å². The molecule has 1 rings (SSSR count). The number of nitrogens with zero attached hydrogens (tertiary/aromatic N) is 2. The van der Waals surface area contributed by atoms with Crippen LogP contribution in [0.2, 0.25) is 0 Å². The van der Waals surface area contributed by atoms with Gasteiger partial charge in [-0.2, -0.15) is 0 Å². The number of nitrogens with one attached hydrogen (secondary N) is 3. The maximum Gasteiger partial charge on any atom is 0.326 e. The standard InChI is InChI=1S/C27H50N10O8/c28-11-3-1-7-16(30)22(40)36-19(15-21(38)39)25(43)37-14-6-10-20(37)24(42)34-17(8-2-4-12-29)23(41)35-18(26(44)45)9-5-13-33-27(31)32/h16-20H,1-15,28-30H2,(H,34,42)(H,35,41)(H,36,40)(H,38,39)(H,44,45)(H4,31,32,33). The number of rotatable bonds is 22. The summed E-state index contributed by atoms with van der Waals surface area (Å²) in [5.74, 6) is -5.64. The SMILES string of the molecule is NCCCCC(N)C(=O)NC(CC(=O)O)C(=O)N1CCCC1C(=O)NC(CCCCN)C(=O)NC(CCCN=C(N)N)C(=O)O. The summed E-state index contributed by atoms with van der Waals surface area (Å²) >= 11 is 0. The molecule has 0 aliphatic carbocycles. The summed E-state index contributed by atoms with van der Waals surface area (Å²) in [6.07, 6.45) is 2.85. The number of aliphatic carboxylic acids is 2. The van der Waals surface area contributed by atoms with Gasteiger partial charge in [-0.05, 0) is 70.9 Å². The van der Waals surface area contributed by atoms with Gasteiger partial charge < -0.3 is 59.7 Å². The summed E-state index contributed by atoms with van der Waals surface area (Å²) in [6, 6.07) is -5.91. The number of unbranched alkanes of at least 4 members (excludes halogenated alkanes) is 2. The normalized spacial score (nSPS) is 17.0. The fourth-order valence-electron chi connectivity index (χ4n) is 4.86. The second-order valence-electron chi connectivity index (χ2n) is 10.9. The number of carboxylic acid groups (broad SMARTS) is 2. The van der Waals surface area contributed by atoms with E-state index in [9.17, 15) is 39.0 Å². The zero-order valence-corrected chi connectivity index (χ0v) is 25.6. The van der Waals surface area contributed by atoms with Crippen LogP contribution in [-0.2, 0) is 28.8 Å². The largest absolute Gasteiger partial charge is 0.481 e. The molecular weight excluding hydrogens is 592 g/mol. The highest BCUT2D eigenvalue weighted by Gasteiger charge is 2.40. The predicted molar refractivity (Wildman–Crippen MR) is 164 cm³/mol. The minimum Gasteiger partial charge on any atom is -0.481 e. The van der Waals surface area contributed by atoms with Crippen LogP contribution in [0.5, 0.6) is 0 Å². The van der Waals surface area contributed by atoms with E-state index in [-0.39, 0.29) is 44.7 Å². The van der Waals surface area contributed by atoms with Gasteiger partial charge in [-0.15, -0.1) is 0 Å². The molecule has 1 fully saturated rings. The number of hydrogen-bond acceptors (Lipinski definition) is 10. The maximum atomic E-state index is 13.5. The Labute approximate surface area is 262 Å². The summed E-state index contributed by atoms with van der Waals surface area (Å²) in [6.45, 7) is 1.03. The molecule has 0 bridgehead atoms. The van der Waals surface area contributed by atoms with Gasteiger partial charge in [0.15, 0.2) is 5.96 Å². The number of aliphatic imine (C=N–C) groups is 1. The number of amides is 4. The third-order valence-electron chi connectivity index (χ3n) is 7.28. The third-order valence-corrected chi connectivity index (χ3v) is 7.28. The number of likely N-dealkylation sites (tertiary alicyclic amines) is 1. The molecule has 15 N–H and O–H groups in total. The van der Waals surface area contributed by atoms with Crippen LogP contribution in [0.1, 0.15) is 70.6 Å². The van der Waals surface area contributed by atoms with E-state index in [1.54, 1.807) is 0 Å². The van der Waals surface area contributed by atoms with E-state index in [0.29, 0.717) is 51.6 Å². The van der Waals surface area contributed by atoms with E-state index >= 15 is 0 Å². The number of carbonyl (C=O) groups excluding carboxylic acids is 4. The van der Waals surface area contributed by atoms with Gasteiger partial charge in [0.05, 0.1) is 12.5 Å². The number of hydrogen-bond donors (Lipinski definition) is 10. The van der Waals surface area contributed by atoms with Crippen molar-refractivity contribution in [3.8, 4) is 0 Å². The van der Waals surface area contributed by atoms with Crippen molar-refractivity contribution in [2.45, 2.75) is 101 Å². The van der Waals surface area contributed by atoms with Gasteiger partial charge in [0.1, 0.15) is 24.2 Å². The Balaban J connectivity index is 3.03. The molecule has 18 nitrogen and oxygen atoms in total. The second kappa shape index (κ2) is 20.8. The van der Waals surface area contributed by atoms with Crippen LogP contribution >= 0.6 is 0 Å². The molecule has 0 aromatic rings. The highest BCUT2D eigenvalue weighted by Crippen LogP contribution is 2.20. The number of carbonyl (C=O) groups is 6. The Morgan fingerprint density at radius 2 is 1.40 bits per heavy atom. The first-order chi connectivity index (χ1) is 21.3. The number of guanidine groups is 1. The third kappa shape index (κ3) is 14.5. The predicted octanol–water partition coefficient (Wildman–Crippen LogP) is -3.37. The first-order valence-corrected chi connectivity index (χ1v) is 15.2. The zero-order valence-electron chi connectivity index (χ0n) is 25.6. The Morgan fingerprint density at radius 3 is 1.98 bits per heavy atom. The molecule has 0 spiro atoms. The van der Waals surface area contributed by atoms with Gasteiger partial charge in [-0.1, -0.05) is 6.42 Å². The second-order valence-corrected chi connectivity index (χ2v) is 10.9. The summed E-state index contributed by atoms with van der Waals surface area (Å²) in [5, 5.41) is 26.5. The highest BCUT2D eigenvalue weighted by atomic mass is 16.4. The molecule has 45 heavy (non-hydrogen) atoms. The van der Waals surface area contributed by atoms with Crippen molar-refractivity contribution in [1.82, 2.24) is 20.9 Å². The van der Waals surface area contributed by atoms with Gasteiger partial charge in [0.25, 0.3) is 0 Å². The molecule has 5 unspecified atom stereocenters. The van der Waals surface area contributed by atoms with Gasteiger partial charge in [0, 0.05) is 13.1 Å². The molecule has 0 aromatic carbocycles. The van der Waals surface area contributed by atoms with Crippen LogP contribution in [-0.4, -0.2) is 113 Å². The lowest BCUT2D eigenvalue weighted by molar-refractivity contribution is -0.146. The fourth-order valence-corrected chi connectivity index (χ4v) is 4.86. The van der Waals surface area contributed by atoms with Crippen LogP contribution in [0.15, 0.2) is 4.99 Å². The average molecular weight is 643 g/mol. The van der Waals surface area contributed by atoms with E-state index in [1.807, 2.05) is 0 Å². The van der Waals surface area contributed by atoms with Crippen molar-refractivity contribution in [3.05, 3.63) is 0 Å². The van der Waals surface area contributed by atoms with E-state index in [4.69, 9.17) is 28.7 Å². The first-order valence-electron chi connectivity index (χ1n) is 15.2. The molecule has 1 aliphatic heterocycles. The van der Waals surface area contributed by atoms with Gasteiger partial charge in [-0.3, -0.25) is 29.0 Å². The summed E-state index contributed by atoms with van der Waals surface area (Å²) < 4.78 is 0. The van der Waals surface area contributed by atoms with Crippen LogP contribution in [0.3, 0.4) is 0 Å². The maximum absolute atomic E-state index is 13.5. The molecule has 4 amide bonds. The molecule has 0 saturated carbocycles. The van der Waals surface area contributed by atoms with Gasteiger partial charge in [0.2, 0.25) is 23.6 Å². The van der Waals surface area contributed by atoms with Crippen LogP contribution < -0.4 is 44.6 Å². The van der Waals surface area contributed by atoms with Crippen molar-refractivity contribution < 1.29 is 39.0 Å². The van der Waals surface area contributed by atoms with Crippen molar-refractivity contribution in [1.29, 1.82) is 0 Å². The van der Waals surface area contributed by atoms with Gasteiger partial charge in [-0.25, -0.2) is 4.79 Å². The van der Waals surface area contributed by atoms with E-state index in [2.05, 4.69) is 20.9 Å². The molecule has 5 atom stereocenters. The summed E-state index contributed by atoms with van der Waals surface area (Å²) in [7, 11) is 0. The molecule has 0 radical (unpaired) electrons. The molecule has 256 valence electrons. The first kappa shape index (κ1) is 39.0. The van der Waals surface area contributed by atoms with E-state index in [0.717, 1.165) is 0 Å². The zero-order chi connectivity index (χ0) is 33.9. The minimum atomic E-state index is -1.47. The van der Waals surface area contributed by atoms with Crippen LogP contribution in [0, 0.1) is 0 Å². The minimum absolute atomic E-state index is 0.0274. The lowest BCUT2D eigenvalue weighted by atomic mass is 10.1. The lowest BCUT2D eigenvalue weighted by Crippen LogP contribution is -2.58. The smallest absolute Gasteiger partial charge is 0.326 e. The van der Waals surface area contributed by atoms with Crippen LogP contribution in [0.4, 0.5) is 0 Å². The molecule has 18 heteroatoms. The Bertz CT molecular complexity index is 1040. The summed E-state index contributed by atoms with van der Waals surface area (Å²) in [5.41, 5.74) is 27.5. The van der Waals surface area contributed by atoms with Crippen LogP contribution in [0.25, 0.3) is 0 Å². The molecule has 1 aliphatic rings. The molecular formula is C27H50N10O8. The Hall–Kier alpha value is -4.03.